The molecule has 6 nitrogen and oxygen atoms in total. The van der Waals surface area contributed by atoms with Gasteiger partial charge in [0, 0.05) is 49.3 Å². The second-order valence-electron chi connectivity index (χ2n) is 5.97. The summed E-state index contributed by atoms with van der Waals surface area (Å²) < 4.78 is 17.5. The van der Waals surface area contributed by atoms with Gasteiger partial charge in [-0.05, 0) is 31.0 Å². The van der Waals surface area contributed by atoms with Crippen molar-refractivity contribution in [1.82, 2.24) is 10.6 Å². The molecule has 1 atom stereocenters. The van der Waals surface area contributed by atoms with E-state index in [1.165, 1.54) is 0 Å². The number of rotatable bonds is 9. The molecule has 1 aliphatic heterocycles. The van der Waals surface area contributed by atoms with Crippen molar-refractivity contribution in [2.45, 2.75) is 19.4 Å². The van der Waals surface area contributed by atoms with E-state index in [0.717, 1.165) is 67.6 Å². The van der Waals surface area contributed by atoms with E-state index in [0.29, 0.717) is 12.5 Å². The first kappa shape index (κ1) is 23.5. The van der Waals surface area contributed by atoms with Crippen LogP contribution in [-0.4, -0.2) is 53.1 Å². The molecule has 0 amide bonds. The Labute approximate surface area is 181 Å². The van der Waals surface area contributed by atoms with E-state index in [4.69, 9.17) is 14.2 Å². The molecule has 0 radical (unpaired) electrons. The third kappa shape index (κ3) is 8.41. The molecule has 1 aromatic carbocycles. The molecule has 1 aliphatic rings. The topological polar surface area (TPSA) is 64.1 Å². The lowest BCUT2D eigenvalue weighted by molar-refractivity contribution is 0.0888. The van der Waals surface area contributed by atoms with Gasteiger partial charge >= 0.3 is 0 Å². The maximum absolute atomic E-state index is 5.70. The average molecular weight is 542 g/mol. The summed E-state index contributed by atoms with van der Waals surface area (Å²) in [6.45, 7) is 4.72. The number of aliphatic imine (C=N–C) groups is 1. The number of hydrogen-bond donors (Lipinski definition) is 2. The lowest BCUT2D eigenvalue weighted by Gasteiger charge is -2.14. The lowest BCUT2D eigenvalue weighted by Crippen LogP contribution is -2.37. The fourth-order valence-electron chi connectivity index (χ4n) is 2.63. The zero-order chi connectivity index (χ0) is 17.9. The summed E-state index contributed by atoms with van der Waals surface area (Å²) in [7, 11) is 3.45. The van der Waals surface area contributed by atoms with Gasteiger partial charge in [0.25, 0.3) is 0 Å². The van der Waals surface area contributed by atoms with Crippen LogP contribution in [0.1, 0.15) is 18.4 Å². The highest BCUT2D eigenvalue weighted by Gasteiger charge is 2.15. The Kier molecular flexibility index (Phi) is 12.2. The summed E-state index contributed by atoms with van der Waals surface area (Å²) in [5, 5.41) is 6.61. The van der Waals surface area contributed by atoms with Gasteiger partial charge in [-0.2, -0.15) is 0 Å². The minimum atomic E-state index is 0. The summed E-state index contributed by atoms with van der Waals surface area (Å²) in [6.07, 6.45) is 2.06. The van der Waals surface area contributed by atoms with Crippen LogP contribution < -0.4 is 15.4 Å². The van der Waals surface area contributed by atoms with E-state index in [-0.39, 0.29) is 24.0 Å². The van der Waals surface area contributed by atoms with Crippen LogP contribution in [0.5, 0.6) is 5.75 Å². The van der Waals surface area contributed by atoms with Gasteiger partial charge in [-0.1, -0.05) is 15.9 Å². The Morgan fingerprint density at radius 3 is 2.92 bits per heavy atom. The molecule has 0 aliphatic carbocycles. The van der Waals surface area contributed by atoms with Crippen molar-refractivity contribution in [1.29, 1.82) is 0 Å². The summed E-state index contributed by atoms with van der Waals surface area (Å²) >= 11 is 3.49. The lowest BCUT2D eigenvalue weighted by atomic mass is 10.1. The first-order valence-electron chi connectivity index (χ1n) is 8.65. The van der Waals surface area contributed by atoms with E-state index >= 15 is 0 Å². The molecule has 2 N–H and O–H groups in total. The predicted molar refractivity (Wildman–Crippen MR) is 119 cm³/mol. The zero-order valence-electron chi connectivity index (χ0n) is 15.4. The second kappa shape index (κ2) is 13.6. The Hall–Kier alpha value is -0.580. The van der Waals surface area contributed by atoms with Gasteiger partial charge in [-0.25, -0.2) is 0 Å². The van der Waals surface area contributed by atoms with Crippen molar-refractivity contribution < 1.29 is 14.2 Å². The van der Waals surface area contributed by atoms with Crippen LogP contribution in [0.4, 0.5) is 0 Å². The highest BCUT2D eigenvalue weighted by atomic mass is 127. The maximum atomic E-state index is 5.70. The predicted octanol–water partition coefficient (Wildman–Crippen LogP) is 3.18. The van der Waals surface area contributed by atoms with Crippen LogP contribution in [0.3, 0.4) is 0 Å². The van der Waals surface area contributed by atoms with Crippen molar-refractivity contribution in [3.8, 4) is 5.75 Å². The Morgan fingerprint density at radius 1 is 1.38 bits per heavy atom. The summed E-state index contributed by atoms with van der Waals surface area (Å²) in [5.41, 5.74) is 1.07. The number of halogens is 2. The largest absolute Gasteiger partial charge is 0.496 e. The first-order valence-corrected chi connectivity index (χ1v) is 9.44. The third-order valence-corrected chi connectivity index (χ3v) is 4.54. The van der Waals surface area contributed by atoms with Gasteiger partial charge in [0.1, 0.15) is 5.75 Å². The normalized spacial score (nSPS) is 16.9. The number of nitrogens with one attached hydrogen (secondary N) is 2. The van der Waals surface area contributed by atoms with E-state index in [1.807, 2.05) is 18.2 Å². The molecule has 26 heavy (non-hydrogen) atoms. The molecule has 1 aromatic rings. The number of guanidine groups is 1. The van der Waals surface area contributed by atoms with E-state index in [1.54, 1.807) is 14.2 Å². The van der Waals surface area contributed by atoms with Crippen molar-refractivity contribution >= 4 is 45.9 Å². The number of benzene rings is 1. The zero-order valence-corrected chi connectivity index (χ0v) is 19.3. The third-order valence-electron chi connectivity index (χ3n) is 4.05. The number of nitrogens with zero attached hydrogens (tertiary/aromatic N) is 1. The monoisotopic (exact) mass is 541 g/mol. The van der Waals surface area contributed by atoms with Gasteiger partial charge in [-0.3, -0.25) is 4.99 Å². The van der Waals surface area contributed by atoms with E-state index < -0.39 is 0 Å². The number of hydrogen-bond acceptors (Lipinski definition) is 4. The highest BCUT2D eigenvalue weighted by Crippen LogP contribution is 2.22. The molecular weight excluding hydrogens is 513 g/mol. The summed E-state index contributed by atoms with van der Waals surface area (Å²) in [4.78, 5) is 4.25. The fraction of sp³-hybridized carbons (Fsp3) is 0.611. The van der Waals surface area contributed by atoms with Crippen LogP contribution in [0.25, 0.3) is 0 Å². The summed E-state index contributed by atoms with van der Waals surface area (Å²) in [6, 6.07) is 5.96. The molecular formula is C18H29BrIN3O3. The van der Waals surface area contributed by atoms with Crippen LogP contribution in [0.15, 0.2) is 27.7 Å². The van der Waals surface area contributed by atoms with E-state index in [2.05, 4.69) is 31.6 Å². The van der Waals surface area contributed by atoms with Gasteiger partial charge in [0.15, 0.2) is 5.96 Å². The minimum absolute atomic E-state index is 0. The molecule has 1 unspecified atom stereocenters. The van der Waals surface area contributed by atoms with Crippen LogP contribution in [-0.2, 0) is 16.0 Å². The van der Waals surface area contributed by atoms with Crippen molar-refractivity contribution in [3.63, 3.8) is 0 Å². The molecule has 2 rings (SSSR count). The molecule has 0 aromatic heterocycles. The molecule has 1 fully saturated rings. The average Bonchev–Trinajstić information content (AvgIpc) is 3.14. The molecule has 0 spiro atoms. The maximum Gasteiger partial charge on any atom is 0.191 e. The Bertz CT molecular complexity index is 554. The first-order chi connectivity index (χ1) is 12.2. The minimum Gasteiger partial charge on any atom is -0.496 e. The molecule has 0 saturated carbocycles. The fourth-order valence-corrected chi connectivity index (χ4v) is 3.04. The van der Waals surface area contributed by atoms with Crippen LogP contribution in [0.2, 0.25) is 0 Å². The van der Waals surface area contributed by atoms with Gasteiger partial charge in [-0.15, -0.1) is 24.0 Å². The van der Waals surface area contributed by atoms with Crippen molar-refractivity contribution in [3.05, 3.63) is 28.2 Å². The van der Waals surface area contributed by atoms with Gasteiger partial charge in [0.2, 0.25) is 0 Å². The number of methoxy groups -OCH3 is 1. The smallest absolute Gasteiger partial charge is 0.191 e. The van der Waals surface area contributed by atoms with Crippen molar-refractivity contribution in [2.24, 2.45) is 10.9 Å². The SMILES string of the molecule is CN=C(NCCCOCC1CCOC1)NCc1cc(Br)ccc1OC.I. The van der Waals surface area contributed by atoms with Crippen LogP contribution in [0, 0.1) is 5.92 Å². The molecule has 1 heterocycles. The molecule has 1 saturated heterocycles. The summed E-state index contributed by atoms with van der Waals surface area (Å²) in [5.74, 6) is 2.20. The van der Waals surface area contributed by atoms with E-state index in [9.17, 15) is 0 Å². The van der Waals surface area contributed by atoms with Gasteiger partial charge < -0.3 is 24.8 Å². The van der Waals surface area contributed by atoms with Crippen molar-refractivity contribution in [2.75, 3.05) is 47.1 Å². The Balaban J connectivity index is 0.00000338. The standard InChI is InChI=1S/C18H28BrN3O3.HI/c1-20-18(21-7-3-8-24-12-14-6-9-25-13-14)22-11-15-10-16(19)4-5-17(15)23-2;/h4-5,10,14H,3,6-9,11-13H2,1-2H3,(H2,20,21,22);1H. The second-order valence-corrected chi connectivity index (χ2v) is 6.88. The number of ether oxygens (including phenoxy) is 3. The Morgan fingerprint density at radius 2 is 2.23 bits per heavy atom. The molecule has 0 bridgehead atoms. The molecule has 8 heteroatoms. The van der Waals surface area contributed by atoms with Crippen LogP contribution >= 0.6 is 39.9 Å². The quantitative estimate of drug-likeness (QED) is 0.217. The molecule has 148 valence electrons. The highest BCUT2D eigenvalue weighted by molar-refractivity contribution is 14.0. The van der Waals surface area contributed by atoms with Gasteiger partial charge in [0.05, 0.1) is 20.3 Å².